The maximum Gasteiger partial charge on any atom is 0.218 e. The molecule has 0 radical (unpaired) electrons. The number of thioether (sulfide) groups is 1. The number of sulfonamides is 1. The molecule has 112 valence electrons. The Bertz CT molecular complexity index is 517. The Morgan fingerprint density at radius 2 is 1.85 bits per heavy atom. The minimum atomic E-state index is -3.22. The lowest BCUT2D eigenvalue weighted by Crippen LogP contribution is -2.48. The first-order chi connectivity index (χ1) is 9.51. The Balaban J connectivity index is 2.02. The molecular weight excluding hydrogens is 292 g/mol. The number of nitrogens with zero attached hydrogens (tertiary/aromatic N) is 1. The fraction of sp³-hybridized carbons (Fsp3) is 0.571. The van der Waals surface area contributed by atoms with Crippen molar-refractivity contribution >= 4 is 21.8 Å². The van der Waals surface area contributed by atoms with Gasteiger partial charge in [0.15, 0.2) is 0 Å². The minimum absolute atomic E-state index is 0.0543. The number of nitrogens with two attached hydrogens (primary N) is 1. The highest BCUT2D eigenvalue weighted by Gasteiger charge is 2.36. The van der Waals surface area contributed by atoms with Crippen LogP contribution in [-0.4, -0.2) is 43.4 Å². The molecule has 2 N–H and O–H groups in total. The average Bonchev–Trinajstić information content (AvgIpc) is 2.48. The topological polar surface area (TPSA) is 63.4 Å². The van der Waals surface area contributed by atoms with E-state index in [9.17, 15) is 8.42 Å². The van der Waals surface area contributed by atoms with Gasteiger partial charge in [0.1, 0.15) is 0 Å². The first-order valence-corrected chi connectivity index (χ1v) is 9.62. The van der Waals surface area contributed by atoms with Crippen molar-refractivity contribution < 1.29 is 8.42 Å². The van der Waals surface area contributed by atoms with Crippen molar-refractivity contribution in [2.75, 3.05) is 25.9 Å². The summed E-state index contributed by atoms with van der Waals surface area (Å²) in [5.41, 5.74) is 6.68. The third-order valence-electron chi connectivity index (χ3n) is 4.02. The van der Waals surface area contributed by atoms with E-state index in [0.717, 1.165) is 18.4 Å². The zero-order valence-corrected chi connectivity index (χ0v) is 13.4. The van der Waals surface area contributed by atoms with Crippen LogP contribution in [0.1, 0.15) is 18.4 Å². The van der Waals surface area contributed by atoms with Gasteiger partial charge in [0.05, 0.1) is 5.75 Å². The van der Waals surface area contributed by atoms with Crippen LogP contribution in [0.5, 0.6) is 0 Å². The van der Waals surface area contributed by atoms with E-state index in [4.69, 9.17) is 5.73 Å². The van der Waals surface area contributed by atoms with E-state index in [2.05, 4.69) is 6.26 Å². The van der Waals surface area contributed by atoms with Gasteiger partial charge in [-0.25, -0.2) is 12.7 Å². The molecule has 1 saturated heterocycles. The van der Waals surface area contributed by atoms with Gasteiger partial charge in [-0.2, -0.15) is 11.8 Å². The number of benzene rings is 1. The first-order valence-electron chi connectivity index (χ1n) is 6.78. The van der Waals surface area contributed by atoms with Crippen molar-refractivity contribution in [1.82, 2.24) is 4.31 Å². The third-order valence-corrected chi connectivity index (χ3v) is 7.31. The lowest BCUT2D eigenvalue weighted by atomic mass is 9.97. The Morgan fingerprint density at radius 3 is 2.35 bits per heavy atom. The summed E-state index contributed by atoms with van der Waals surface area (Å²) >= 11 is 1.76. The Kier molecular flexibility index (Phi) is 5.12. The van der Waals surface area contributed by atoms with Crippen LogP contribution in [-0.2, 0) is 15.8 Å². The molecule has 0 atom stereocenters. The van der Waals surface area contributed by atoms with E-state index in [1.165, 1.54) is 0 Å². The molecule has 1 aromatic carbocycles. The van der Waals surface area contributed by atoms with Crippen molar-refractivity contribution in [1.29, 1.82) is 0 Å². The minimum Gasteiger partial charge on any atom is -0.329 e. The van der Waals surface area contributed by atoms with E-state index in [-0.39, 0.29) is 10.5 Å². The summed E-state index contributed by atoms with van der Waals surface area (Å²) in [5.74, 6) is 0.0860. The van der Waals surface area contributed by atoms with Gasteiger partial charge in [-0.15, -0.1) is 0 Å². The molecule has 4 nitrogen and oxygen atoms in total. The van der Waals surface area contributed by atoms with Gasteiger partial charge < -0.3 is 5.73 Å². The van der Waals surface area contributed by atoms with Gasteiger partial charge in [-0.05, 0) is 24.7 Å². The average molecular weight is 314 g/mol. The highest BCUT2D eigenvalue weighted by atomic mass is 32.2. The molecule has 0 bridgehead atoms. The molecule has 6 heteroatoms. The molecule has 0 unspecified atom stereocenters. The molecule has 1 fully saturated rings. The van der Waals surface area contributed by atoms with Gasteiger partial charge in [0.25, 0.3) is 0 Å². The van der Waals surface area contributed by atoms with Crippen molar-refractivity contribution in [3.05, 3.63) is 35.9 Å². The Morgan fingerprint density at radius 1 is 1.25 bits per heavy atom. The summed E-state index contributed by atoms with van der Waals surface area (Å²) in [6, 6.07) is 9.34. The van der Waals surface area contributed by atoms with Crippen LogP contribution in [0.25, 0.3) is 0 Å². The lowest BCUT2D eigenvalue weighted by molar-refractivity contribution is 0.301. The van der Waals surface area contributed by atoms with Gasteiger partial charge in [0.2, 0.25) is 10.0 Å². The summed E-state index contributed by atoms with van der Waals surface area (Å²) < 4.78 is 26.5. The second-order valence-electron chi connectivity index (χ2n) is 5.23. The molecule has 0 saturated carbocycles. The third kappa shape index (κ3) is 3.55. The second-order valence-corrected chi connectivity index (χ2v) is 8.48. The molecule has 2 rings (SSSR count). The Labute approximate surface area is 125 Å². The van der Waals surface area contributed by atoms with E-state index in [0.29, 0.717) is 19.6 Å². The van der Waals surface area contributed by atoms with Crippen LogP contribution in [0.2, 0.25) is 0 Å². The SMILES string of the molecule is CSC1(CN)CCN(S(=O)(=O)Cc2ccccc2)CC1. The second kappa shape index (κ2) is 6.47. The molecule has 1 aliphatic heterocycles. The zero-order valence-electron chi connectivity index (χ0n) is 11.8. The molecule has 0 spiro atoms. The molecule has 0 amide bonds. The van der Waals surface area contributed by atoms with Crippen LogP contribution >= 0.6 is 11.8 Å². The van der Waals surface area contributed by atoms with Gasteiger partial charge in [-0.3, -0.25) is 0 Å². The quantitative estimate of drug-likeness (QED) is 0.898. The van der Waals surface area contributed by atoms with E-state index >= 15 is 0 Å². The zero-order chi connectivity index (χ0) is 14.6. The molecule has 1 heterocycles. The predicted octanol–water partition coefficient (Wildman–Crippen LogP) is 1.67. The van der Waals surface area contributed by atoms with Crippen LogP contribution in [0, 0.1) is 0 Å². The molecule has 20 heavy (non-hydrogen) atoms. The fourth-order valence-electron chi connectivity index (χ4n) is 2.54. The molecule has 1 aliphatic rings. The number of piperidine rings is 1. The summed E-state index contributed by atoms with van der Waals surface area (Å²) in [6.07, 6.45) is 3.72. The van der Waals surface area contributed by atoms with Gasteiger partial charge in [0, 0.05) is 24.4 Å². The standard InChI is InChI=1S/C14H22N2O2S2/c1-19-14(12-15)7-9-16(10-8-14)20(17,18)11-13-5-3-2-4-6-13/h2-6H,7-12,15H2,1H3. The van der Waals surface area contributed by atoms with Gasteiger partial charge >= 0.3 is 0 Å². The van der Waals surface area contributed by atoms with E-state index in [1.54, 1.807) is 16.1 Å². The van der Waals surface area contributed by atoms with Crippen molar-refractivity contribution in [3.8, 4) is 0 Å². The number of rotatable bonds is 5. The van der Waals surface area contributed by atoms with Gasteiger partial charge in [-0.1, -0.05) is 30.3 Å². The highest BCUT2D eigenvalue weighted by molar-refractivity contribution is 8.00. The van der Waals surface area contributed by atoms with Crippen molar-refractivity contribution in [2.24, 2.45) is 5.73 Å². The monoisotopic (exact) mass is 314 g/mol. The molecule has 0 aromatic heterocycles. The largest absolute Gasteiger partial charge is 0.329 e. The van der Waals surface area contributed by atoms with E-state index in [1.807, 2.05) is 30.3 Å². The predicted molar refractivity (Wildman–Crippen MR) is 85.2 cm³/mol. The van der Waals surface area contributed by atoms with Crippen LogP contribution < -0.4 is 5.73 Å². The fourth-order valence-corrected chi connectivity index (χ4v) is 4.83. The maximum atomic E-state index is 12.4. The van der Waals surface area contributed by atoms with Crippen LogP contribution in [0.3, 0.4) is 0 Å². The molecule has 0 aliphatic carbocycles. The van der Waals surface area contributed by atoms with E-state index < -0.39 is 10.0 Å². The smallest absolute Gasteiger partial charge is 0.218 e. The first kappa shape index (κ1) is 15.8. The lowest BCUT2D eigenvalue weighted by Gasteiger charge is -2.39. The summed E-state index contributed by atoms with van der Waals surface area (Å²) in [4.78, 5) is 0. The van der Waals surface area contributed by atoms with Crippen molar-refractivity contribution in [3.63, 3.8) is 0 Å². The summed E-state index contributed by atoms with van der Waals surface area (Å²) in [7, 11) is -3.22. The highest BCUT2D eigenvalue weighted by Crippen LogP contribution is 2.34. The maximum absolute atomic E-state index is 12.4. The van der Waals surface area contributed by atoms with Crippen LogP contribution in [0.15, 0.2) is 30.3 Å². The molecule has 1 aromatic rings. The molecular formula is C14H22N2O2S2. The summed E-state index contributed by atoms with van der Waals surface area (Å²) in [5, 5.41) is 0. The van der Waals surface area contributed by atoms with Crippen LogP contribution in [0.4, 0.5) is 0 Å². The summed E-state index contributed by atoms with van der Waals surface area (Å²) in [6.45, 7) is 1.77. The number of hydrogen-bond acceptors (Lipinski definition) is 4. The Hall–Kier alpha value is -0.560. The number of hydrogen-bond donors (Lipinski definition) is 1. The normalized spacial score (nSPS) is 19.9. The van der Waals surface area contributed by atoms with Crippen molar-refractivity contribution in [2.45, 2.75) is 23.3 Å².